The fourth-order valence-electron chi connectivity index (χ4n) is 3.73. The Bertz CT molecular complexity index is 1350. The van der Waals surface area contributed by atoms with Crippen LogP contribution in [0, 0.1) is 0 Å². The maximum absolute atomic E-state index is 12.8. The number of carbonyl (C=O) groups excluding carboxylic acids is 4. The van der Waals surface area contributed by atoms with Gasteiger partial charge in [0, 0.05) is 25.7 Å². The van der Waals surface area contributed by atoms with Crippen molar-refractivity contribution < 1.29 is 31.8 Å². The molecule has 2 aromatic carbocycles. The molecule has 2 aromatic rings. The number of likely N-dealkylation sites (tertiary alicyclic amines) is 1. The van der Waals surface area contributed by atoms with Crippen LogP contribution in [0.5, 0.6) is 5.75 Å². The summed E-state index contributed by atoms with van der Waals surface area (Å²) >= 11 is 0.721. The Labute approximate surface area is 212 Å². The van der Waals surface area contributed by atoms with Crippen LogP contribution in [-0.4, -0.2) is 60.8 Å². The zero-order chi connectivity index (χ0) is 25.9. The number of thioether (sulfide) groups is 1. The molecular formula is C24H23N3O7S2. The number of anilines is 1. The lowest BCUT2D eigenvalue weighted by molar-refractivity contribution is -0.135. The van der Waals surface area contributed by atoms with E-state index >= 15 is 0 Å². The SMILES string of the molecule is CC(=O)Nc1ccc(S(=O)(=O)Oc2cccc(/C=C3\SC(=O)N(CC(=O)N4CCCC4)C3=O)c2)cc1. The minimum atomic E-state index is -4.16. The Hall–Kier alpha value is -3.64. The Morgan fingerprint density at radius 2 is 1.78 bits per heavy atom. The van der Waals surface area contributed by atoms with Crippen LogP contribution < -0.4 is 9.50 Å². The van der Waals surface area contributed by atoms with Gasteiger partial charge >= 0.3 is 10.1 Å². The van der Waals surface area contributed by atoms with Crippen molar-refractivity contribution in [2.45, 2.75) is 24.7 Å². The smallest absolute Gasteiger partial charge is 0.339 e. The monoisotopic (exact) mass is 529 g/mol. The fourth-order valence-corrected chi connectivity index (χ4v) is 5.49. The van der Waals surface area contributed by atoms with Crippen LogP contribution >= 0.6 is 11.8 Å². The number of hydrogen-bond donors (Lipinski definition) is 1. The highest BCUT2D eigenvalue weighted by molar-refractivity contribution is 8.18. The minimum Gasteiger partial charge on any atom is -0.379 e. The fraction of sp³-hybridized carbons (Fsp3) is 0.250. The quantitative estimate of drug-likeness (QED) is 0.428. The molecule has 1 N–H and O–H groups in total. The number of carbonyl (C=O) groups is 4. The molecule has 2 saturated heterocycles. The first-order chi connectivity index (χ1) is 17.1. The number of nitrogens with one attached hydrogen (secondary N) is 1. The van der Waals surface area contributed by atoms with Gasteiger partial charge in [0.1, 0.15) is 17.2 Å². The summed E-state index contributed by atoms with van der Waals surface area (Å²) in [5.41, 5.74) is 0.889. The topological polar surface area (TPSA) is 130 Å². The average molecular weight is 530 g/mol. The molecule has 0 atom stereocenters. The van der Waals surface area contributed by atoms with Gasteiger partial charge in [-0.1, -0.05) is 12.1 Å². The zero-order valence-corrected chi connectivity index (χ0v) is 20.9. The summed E-state index contributed by atoms with van der Waals surface area (Å²) in [7, 11) is -4.16. The van der Waals surface area contributed by atoms with Gasteiger partial charge in [-0.05, 0) is 72.6 Å². The van der Waals surface area contributed by atoms with E-state index < -0.39 is 21.3 Å². The van der Waals surface area contributed by atoms with E-state index in [1.807, 2.05) is 0 Å². The second kappa shape index (κ2) is 10.5. The molecule has 188 valence electrons. The molecule has 4 amide bonds. The van der Waals surface area contributed by atoms with Crippen molar-refractivity contribution in [2.24, 2.45) is 0 Å². The van der Waals surface area contributed by atoms with Crippen molar-refractivity contribution in [2.75, 3.05) is 25.0 Å². The van der Waals surface area contributed by atoms with E-state index in [4.69, 9.17) is 4.18 Å². The van der Waals surface area contributed by atoms with Gasteiger partial charge in [-0.3, -0.25) is 24.1 Å². The molecule has 2 aliphatic heterocycles. The summed E-state index contributed by atoms with van der Waals surface area (Å²) in [6.07, 6.45) is 3.26. The lowest BCUT2D eigenvalue weighted by Gasteiger charge is -2.18. The number of imide groups is 1. The normalized spacial score (nSPS) is 17.1. The third kappa shape index (κ3) is 5.94. The summed E-state index contributed by atoms with van der Waals surface area (Å²) in [5, 5.41) is 2.02. The lowest BCUT2D eigenvalue weighted by Crippen LogP contribution is -2.40. The van der Waals surface area contributed by atoms with E-state index in [-0.39, 0.29) is 33.9 Å². The zero-order valence-electron chi connectivity index (χ0n) is 19.3. The van der Waals surface area contributed by atoms with Gasteiger partial charge in [0.05, 0.1) is 4.91 Å². The van der Waals surface area contributed by atoms with Gasteiger partial charge in [0.15, 0.2) is 0 Å². The Morgan fingerprint density at radius 1 is 1.08 bits per heavy atom. The van der Waals surface area contributed by atoms with Gasteiger partial charge in [-0.2, -0.15) is 8.42 Å². The first kappa shape index (κ1) is 25.5. The van der Waals surface area contributed by atoms with Crippen LogP contribution in [0.15, 0.2) is 58.3 Å². The summed E-state index contributed by atoms with van der Waals surface area (Å²) in [6.45, 7) is 2.29. The molecule has 10 nitrogen and oxygen atoms in total. The average Bonchev–Trinajstić information content (AvgIpc) is 3.44. The highest BCUT2D eigenvalue weighted by Crippen LogP contribution is 2.33. The van der Waals surface area contributed by atoms with E-state index in [0.717, 1.165) is 29.5 Å². The van der Waals surface area contributed by atoms with Crippen LogP contribution in [-0.2, 0) is 24.5 Å². The van der Waals surface area contributed by atoms with Gasteiger partial charge in [0.25, 0.3) is 11.1 Å². The predicted molar refractivity (Wildman–Crippen MR) is 133 cm³/mol. The van der Waals surface area contributed by atoms with E-state index in [0.29, 0.717) is 24.3 Å². The Kier molecular flexibility index (Phi) is 7.45. The van der Waals surface area contributed by atoms with Crippen LogP contribution in [0.25, 0.3) is 6.08 Å². The largest absolute Gasteiger partial charge is 0.379 e. The van der Waals surface area contributed by atoms with Crippen molar-refractivity contribution in [3.8, 4) is 5.75 Å². The summed E-state index contributed by atoms with van der Waals surface area (Å²) in [4.78, 5) is 51.2. The molecule has 2 fully saturated rings. The minimum absolute atomic E-state index is 0.0122. The molecule has 0 aliphatic carbocycles. The van der Waals surface area contributed by atoms with Gasteiger partial charge in [-0.25, -0.2) is 0 Å². The highest BCUT2D eigenvalue weighted by Gasteiger charge is 2.37. The third-order valence-electron chi connectivity index (χ3n) is 5.45. The summed E-state index contributed by atoms with van der Waals surface area (Å²) < 4.78 is 30.6. The van der Waals surface area contributed by atoms with Gasteiger partial charge in [-0.15, -0.1) is 0 Å². The number of rotatable bonds is 7. The van der Waals surface area contributed by atoms with E-state index in [2.05, 4.69) is 5.32 Å². The van der Waals surface area contributed by atoms with E-state index in [1.54, 1.807) is 17.0 Å². The molecule has 2 heterocycles. The number of hydrogen-bond acceptors (Lipinski definition) is 8. The van der Waals surface area contributed by atoms with E-state index in [9.17, 15) is 27.6 Å². The van der Waals surface area contributed by atoms with Crippen LogP contribution in [0.3, 0.4) is 0 Å². The molecular weight excluding hydrogens is 506 g/mol. The van der Waals surface area contributed by atoms with Crippen molar-refractivity contribution in [1.82, 2.24) is 9.80 Å². The summed E-state index contributed by atoms with van der Waals surface area (Å²) in [5.74, 6) is -1.11. The standard InChI is InChI=1S/C24H23N3O7S2/c1-16(28)25-18-7-9-20(10-8-18)36(32,33)34-19-6-4-5-17(13-19)14-21-23(30)27(24(31)35-21)15-22(29)26-11-2-3-12-26/h4-10,13-14H,2-3,11-12,15H2,1H3,(H,25,28)/b21-14-. The van der Waals surface area contributed by atoms with Crippen LogP contribution in [0.4, 0.5) is 10.5 Å². The van der Waals surface area contributed by atoms with Crippen molar-refractivity contribution >= 4 is 56.6 Å². The molecule has 12 heteroatoms. The maximum atomic E-state index is 12.8. The molecule has 0 spiro atoms. The predicted octanol–water partition coefficient (Wildman–Crippen LogP) is 3.07. The molecule has 2 aliphatic rings. The molecule has 0 saturated carbocycles. The number of benzene rings is 2. The number of amides is 4. The van der Waals surface area contributed by atoms with Crippen molar-refractivity contribution in [3.63, 3.8) is 0 Å². The second-order valence-corrected chi connectivity index (χ2v) is 10.7. The molecule has 0 unspecified atom stereocenters. The van der Waals surface area contributed by atoms with Crippen LogP contribution in [0.1, 0.15) is 25.3 Å². The van der Waals surface area contributed by atoms with E-state index in [1.165, 1.54) is 49.4 Å². The molecule has 0 bridgehead atoms. The maximum Gasteiger partial charge on any atom is 0.339 e. The van der Waals surface area contributed by atoms with Crippen LogP contribution in [0.2, 0.25) is 0 Å². The first-order valence-corrected chi connectivity index (χ1v) is 13.3. The number of nitrogens with zero attached hydrogens (tertiary/aromatic N) is 2. The summed E-state index contributed by atoms with van der Waals surface area (Å²) in [6, 6.07) is 11.6. The first-order valence-electron chi connectivity index (χ1n) is 11.1. The van der Waals surface area contributed by atoms with Gasteiger partial charge in [0.2, 0.25) is 11.8 Å². The Balaban J connectivity index is 1.46. The second-order valence-electron chi connectivity index (χ2n) is 8.17. The van der Waals surface area contributed by atoms with Gasteiger partial charge < -0.3 is 14.4 Å². The third-order valence-corrected chi connectivity index (χ3v) is 7.62. The lowest BCUT2D eigenvalue weighted by atomic mass is 10.2. The Morgan fingerprint density at radius 3 is 2.44 bits per heavy atom. The molecule has 0 radical (unpaired) electrons. The molecule has 0 aromatic heterocycles. The van der Waals surface area contributed by atoms with Crippen molar-refractivity contribution in [3.05, 3.63) is 59.0 Å². The van der Waals surface area contributed by atoms with Crippen molar-refractivity contribution in [1.29, 1.82) is 0 Å². The highest BCUT2D eigenvalue weighted by atomic mass is 32.2. The molecule has 4 rings (SSSR count). The molecule has 36 heavy (non-hydrogen) atoms.